The van der Waals surface area contributed by atoms with E-state index in [-0.39, 0.29) is 0 Å². The van der Waals surface area contributed by atoms with Crippen LogP contribution in [0.5, 0.6) is 0 Å². The largest absolute Gasteiger partial charge is 0.339 e. The van der Waals surface area contributed by atoms with E-state index in [9.17, 15) is 0 Å². The zero-order valence-corrected chi connectivity index (χ0v) is 12.8. The molecule has 3 rings (SSSR count). The van der Waals surface area contributed by atoms with E-state index in [1.807, 2.05) is 0 Å². The molecule has 20 heavy (non-hydrogen) atoms. The van der Waals surface area contributed by atoms with Crippen LogP contribution < -0.4 is 5.32 Å². The molecule has 4 heteroatoms. The Morgan fingerprint density at radius 2 is 2.15 bits per heavy atom. The van der Waals surface area contributed by atoms with Crippen molar-refractivity contribution in [2.45, 2.75) is 76.7 Å². The maximum absolute atomic E-state index is 5.61. The fourth-order valence-corrected chi connectivity index (χ4v) is 3.83. The molecule has 0 aromatic carbocycles. The van der Waals surface area contributed by atoms with Crippen LogP contribution in [-0.2, 0) is 0 Å². The third-order valence-corrected chi connectivity index (χ3v) is 5.01. The lowest BCUT2D eigenvalue weighted by Crippen LogP contribution is -2.31. The molecule has 0 spiro atoms. The first-order chi connectivity index (χ1) is 9.78. The Morgan fingerprint density at radius 3 is 2.90 bits per heavy atom. The molecule has 4 unspecified atom stereocenters. The van der Waals surface area contributed by atoms with Crippen LogP contribution in [0.4, 0.5) is 0 Å². The van der Waals surface area contributed by atoms with Crippen LogP contribution in [0.1, 0.15) is 82.3 Å². The maximum Gasteiger partial charge on any atom is 0.231 e. The third-order valence-electron chi connectivity index (χ3n) is 5.01. The van der Waals surface area contributed by atoms with Gasteiger partial charge >= 0.3 is 0 Å². The molecule has 0 aliphatic heterocycles. The second-order valence-electron chi connectivity index (χ2n) is 6.70. The van der Waals surface area contributed by atoms with Gasteiger partial charge in [0.2, 0.25) is 5.89 Å². The quantitative estimate of drug-likeness (QED) is 0.893. The normalized spacial score (nSPS) is 33.9. The second kappa shape index (κ2) is 6.25. The van der Waals surface area contributed by atoms with Crippen molar-refractivity contribution in [3.63, 3.8) is 0 Å². The molecule has 0 bridgehead atoms. The average molecular weight is 277 g/mol. The topological polar surface area (TPSA) is 51.0 Å². The highest BCUT2D eigenvalue weighted by molar-refractivity contribution is 5.06. The van der Waals surface area contributed by atoms with Crippen molar-refractivity contribution in [2.75, 3.05) is 6.54 Å². The summed E-state index contributed by atoms with van der Waals surface area (Å²) >= 11 is 0. The molecule has 2 aliphatic carbocycles. The molecule has 0 amide bonds. The summed E-state index contributed by atoms with van der Waals surface area (Å²) in [7, 11) is 0. The van der Waals surface area contributed by atoms with Crippen molar-refractivity contribution in [1.29, 1.82) is 0 Å². The number of nitrogens with zero attached hydrogens (tertiary/aromatic N) is 2. The number of nitrogens with one attached hydrogen (secondary N) is 1. The fraction of sp³-hybridized carbons (Fsp3) is 0.875. The zero-order chi connectivity index (χ0) is 13.9. The van der Waals surface area contributed by atoms with Crippen molar-refractivity contribution >= 4 is 0 Å². The number of hydrogen-bond acceptors (Lipinski definition) is 4. The molecule has 112 valence electrons. The minimum absolute atomic E-state index is 0.432. The van der Waals surface area contributed by atoms with Crippen LogP contribution >= 0.6 is 0 Å². The van der Waals surface area contributed by atoms with Gasteiger partial charge in [0.1, 0.15) is 0 Å². The number of rotatable bonds is 5. The number of aromatic nitrogens is 2. The molecule has 2 aliphatic rings. The molecular weight excluding hydrogens is 250 g/mol. The Kier molecular flexibility index (Phi) is 4.39. The van der Waals surface area contributed by atoms with Gasteiger partial charge in [-0.1, -0.05) is 25.4 Å². The van der Waals surface area contributed by atoms with Crippen molar-refractivity contribution in [1.82, 2.24) is 15.5 Å². The van der Waals surface area contributed by atoms with Crippen LogP contribution in [0.2, 0.25) is 0 Å². The predicted molar refractivity (Wildman–Crippen MR) is 78.7 cm³/mol. The van der Waals surface area contributed by atoms with Crippen molar-refractivity contribution in [3.05, 3.63) is 11.7 Å². The van der Waals surface area contributed by atoms with Gasteiger partial charge in [-0.2, -0.15) is 4.98 Å². The standard InChI is InChI=1S/C16H27N3O/c1-3-9-17-14-6-4-5-13(14)16-18-15(19-20-16)12-8-7-11(2)10-12/h11-14,17H,3-10H2,1-2H3. The molecule has 1 aromatic rings. The lowest BCUT2D eigenvalue weighted by molar-refractivity contribution is 0.326. The highest BCUT2D eigenvalue weighted by atomic mass is 16.5. The summed E-state index contributed by atoms with van der Waals surface area (Å²) in [5, 5.41) is 7.92. The molecule has 1 aromatic heterocycles. The SMILES string of the molecule is CCCNC1CCCC1c1nc(C2CCC(C)C2)no1. The Bertz CT molecular complexity index is 431. The second-order valence-corrected chi connectivity index (χ2v) is 6.70. The summed E-state index contributed by atoms with van der Waals surface area (Å²) < 4.78 is 5.61. The Labute approximate surface area is 121 Å². The van der Waals surface area contributed by atoms with E-state index < -0.39 is 0 Å². The maximum atomic E-state index is 5.61. The molecule has 0 saturated heterocycles. The van der Waals surface area contributed by atoms with Crippen LogP contribution in [0.15, 0.2) is 4.52 Å². The zero-order valence-electron chi connectivity index (χ0n) is 12.8. The smallest absolute Gasteiger partial charge is 0.231 e. The van der Waals surface area contributed by atoms with E-state index >= 15 is 0 Å². The molecular formula is C16H27N3O. The Balaban J connectivity index is 1.66. The average Bonchev–Trinajstić information content (AvgIpc) is 3.15. The molecule has 1 heterocycles. The van der Waals surface area contributed by atoms with Crippen molar-refractivity contribution < 1.29 is 4.52 Å². The Morgan fingerprint density at radius 1 is 1.25 bits per heavy atom. The monoisotopic (exact) mass is 277 g/mol. The van der Waals surface area contributed by atoms with Crippen LogP contribution in [0, 0.1) is 5.92 Å². The minimum atomic E-state index is 0.432. The van der Waals surface area contributed by atoms with E-state index in [0.29, 0.717) is 17.9 Å². The van der Waals surface area contributed by atoms with Crippen LogP contribution in [0.25, 0.3) is 0 Å². The highest BCUT2D eigenvalue weighted by Crippen LogP contribution is 2.38. The molecule has 2 fully saturated rings. The Hall–Kier alpha value is -0.900. The van der Waals surface area contributed by atoms with E-state index in [4.69, 9.17) is 9.51 Å². The summed E-state index contributed by atoms with van der Waals surface area (Å²) in [5.41, 5.74) is 0. The van der Waals surface area contributed by atoms with E-state index in [0.717, 1.165) is 24.2 Å². The summed E-state index contributed by atoms with van der Waals surface area (Å²) in [4.78, 5) is 4.75. The summed E-state index contributed by atoms with van der Waals surface area (Å²) in [6.45, 7) is 5.62. The van der Waals surface area contributed by atoms with Gasteiger partial charge in [-0.3, -0.25) is 0 Å². The van der Waals surface area contributed by atoms with Gasteiger partial charge in [0.25, 0.3) is 0 Å². The number of hydrogen-bond donors (Lipinski definition) is 1. The first-order valence-corrected chi connectivity index (χ1v) is 8.34. The summed E-state index contributed by atoms with van der Waals surface area (Å²) in [6, 6.07) is 0.533. The minimum Gasteiger partial charge on any atom is -0.339 e. The summed E-state index contributed by atoms with van der Waals surface area (Å²) in [6.07, 6.45) is 8.62. The molecule has 4 atom stereocenters. The van der Waals surface area contributed by atoms with Crippen LogP contribution in [-0.4, -0.2) is 22.7 Å². The first-order valence-electron chi connectivity index (χ1n) is 8.34. The highest BCUT2D eigenvalue weighted by Gasteiger charge is 2.34. The van der Waals surface area contributed by atoms with E-state index in [1.54, 1.807) is 0 Å². The summed E-state index contributed by atoms with van der Waals surface area (Å²) in [5.74, 6) is 3.62. The van der Waals surface area contributed by atoms with Gasteiger partial charge in [0.05, 0.1) is 5.92 Å². The van der Waals surface area contributed by atoms with Gasteiger partial charge in [0.15, 0.2) is 5.82 Å². The van der Waals surface area contributed by atoms with E-state index in [1.165, 1.54) is 44.9 Å². The molecule has 1 N–H and O–H groups in total. The lowest BCUT2D eigenvalue weighted by atomic mass is 10.0. The van der Waals surface area contributed by atoms with Gasteiger partial charge in [0, 0.05) is 12.0 Å². The lowest BCUT2D eigenvalue weighted by Gasteiger charge is -2.17. The van der Waals surface area contributed by atoms with Gasteiger partial charge in [-0.25, -0.2) is 0 Å². The third kappa shape index (κ3) is 2.90. The molecule has 0 radical (unpaired) electrons. The fourth-order valence-electron chi connectivity index (χ4n) is 3.83. The molecule has 2 saturated carbocycles. The van der Waals surface area contributed by atoms with Crippen molar-refractivity contribution in [2.24, 2.45) is 5.92 Å². The van der Waals surface area contributed by atoms with Crippen molar-refractivity contribution in [3.8, 4) is 0 Å². The van der Waals surface area contributed by atoms with Gasteiger partial charge < -0.3 is 9.84 Å². The van der Waals surface area contributed by atoms with E-state index in [2.05, 4.69) is 24.3 Å². The molecule has 4 nitrogen and oxygen atoms in total. The van der Waals surface area contributed by atoms with Crippen LogP contribution in [0.3, 0.4) is 0 Å². The first kappa shape index (κ1) is 14.1. The van der Waals surface area contributed by atoms with Gasteiger partial charge in [-0.15, -0.1) is 0 Å². The van der Waals surface area contributed by atoms with Gasteiger partial charge in [-0.05, 0) is 51.0 Å². The predicted octanol–water partition coefficient (Wildman–Crippen LogP) is 3.61.